The molecule has 0 bridgehead atoms. The quantitative estimate of drug-likeness (QED) is 0.113. The number of hydrogen-bond donors (Lipinski definition) is 3. The number of aliphatic carboxylic acids is 1. The minimum absolute atomic E-state index is 0.184. The normalized spacial score (nSPS) is 11.5. The second-order valence-corrected chi connectivity index (χ2v) is 10.7. The van der Waals surface area contributed by atoms with E-state index in [-0.39, 0.29) is 24.6 Å². The second-order valence-electron chi connectivity index (χ2n) is 10.7. The summed E-state index contributed by atoms with van der Waals surface area (Å²) in [6.07, 6.45) is 3.31. The fourth-order valence-corrected chi connectivity index (χ4v) is 4.75. The van der Waals surface area contributed by atoms with Crippen molar-refractivity contribution in [2.45, 2.75) is 44.6 Å². The number of nitrogens with zero attached hydrogens (tertiary/aromatic N) is 1. The van der Waals surface area contributed by atoms with Gasteiger partial charge < -0.3 is 25.2 Å². The number of carbonyl (C=O) groups is 2. The summed E-state index contributed by atoms with van der Waals surface area (Å²) in [6, 6.07) is 26.2. The molecule has 1 heterocycles. The SMILES string of the molecule is CNCCCOc1ccc(CC(NC(=O)CCCCCOc2cc(-c3ccccc3)cc(-c3ccc(F)cc3)n2)C(=O)O)cc1. The molecule has 45 heavy (non-hydrogen) atoms. The topological polar surface area (TPSA) is 110 Å². The van der Waals surface area contributed by atoms with Gasteiger partial charge in [0.15, 0.2) is 0 Å². The highest BCUT2D eigenvalue weighted by Crippen LogP contribution is 2.29. The zero-order chi connectivity index (χ0) is 31.9. The third-order valence-electron chi connectivity index (χ3n) is 7.18. The van der Waals surface area contributed by atoms with Crippen molar-refractivity contribution in [3.05, 3.63) is 102 Å². The van der Waals surface area contributed by atoms with E-state index in [2.05, 4.69) is 15.6 Å². The predicted octanol–water partition coefficient (Wildman–Crippen LogP) is 6.29. The van der Waals surface area contributed by atoms with Crippen molar-refractivity contribution in [3.8, 4) is 34.0 Å². The summed E-state index contributed by atoms with van der Waals surface area (Å²) >= 11 is 0. The van der Waals surface area contributed by atoms with Crippen LogP contribution in [-0.2, 0) is 16.0 Å². The first-order valence-electron chi connectivity index (χ1n) is 15.3. The van der Waals surface area contributed by atoms with E-state index in [1.807, 2.05) is 73.8 Å². The molecule has 0 spiro atoms. The molecule has 236 valence electrons. The van der Waals surface area contributed by atoms with Crippen molar-refractivity contribution in [2.24, 2.45) is 0 Å². The maximum Gasteiger partial charge on any atom is 0.326 e. The summed E-state index contributed by atoms with van der Waals surface area (Å²) in [5.41, 5.74) is 4.22. The maximum absolute atomic E-state index is 13.5. The number of carboxylic acid groups (broad SMARTS) is 1. The number of carboxylic acids is 1. The first-order chi connectivity index (χ1) is 21.9. The van der Waals surface area contributed by atoms with E-state index in [1.54, 1.807) is 12.1 Å². The van der Waals surface area contributed by atoms with Crippen LogP contribution >= 0.6 is 0 Å². The van der Waals surface area contributed by atoms with Crippen molar-refractivity contribution < 1.29 is 28.6 Å². The monoisotopic (exact) mass is 613 g/mol. The molecular formula is C36H40FN3O5. The molecule has 1 amide bonds. The minimum Gasteiger partial charge on any atom is -0.494 e. The third kappa shape index (κ3) is 11.0. The molecule has 0 aliphatic carbocycles. The van der Waals surface area contributed by atoms with Gasteiger partial charge in [-0.05, 0) is 98.4 Å². The van der Waals surface area contributed by atoms with E-state index in [0.29, 0.717) is 37.6 Å². The summed E-state index contributed by atoms with van der Waals surface area (Å²) < 4.78 is 25.2. The van der Waals surface area contributed by atoms with Crippen molar-refractivity contribution >= 4 is 11.9 Å². The van der Waals surface area contributed by atoms with Crippen molar-refractivity contribution in [1.29, 1.82) is 0 Å². The number of aromatic nitrogens is 1. The first kappa shape index (κ1) is 33.1. The molecule has 9 heteroatoms. The molecule has 0 aliphatic rings. The Morgan fingerprint density at radius 1 is 0.822 bits per heavy atom. The van der Waals surface area contributed by atoms with Gasteiger partial charge in [0.05, 0.1) is 18.9 Å². The zero-order valence-electron chi connectivity index (χ0n) is 25.5. The molecule has 3 N–H and O–H groups in total. The van der Waals surface area contributed by atoms with Crippen molar-refractivity contribution in [3.63, 3.8) is 0 Å². The molecular weight excluding hydrogens is 573 g/mol. The van der Waals surface area contributed by atoms with Gasteiger partial charge in [0.25, 0.3) is 0 Å². The van der Waals surface area contributed by atoms with Crippen LogP contribution in [0.25, 0.3) is 22.4 Å². The van der Waals surface area contributed by atoms with Crippen LogP contribution in [0, 0.1) is 5.82 Å². The Hall–Kier alpha value is -4.76. The summed E-state index contributed by atoms with van der Waals surface area (Å²) in [6.45, 7) is 1.87. The zero-order valence-corrected chi connectivity index (χ0v) is 25.5. The van der Waals surface area contributed by atoms with Crippen LogP contribution in [-0.4, -0.2) is 54.8 Å². The number of unbranched alkanes of at least 4 members (excludes halogenated alkanes) is 2. The highest BCUT2D eigenvalue weighted by atomic mass is 19.1. The average Bonchev–Trinajstić information content (AvgIpc) is 3.05. The number of benzene rings is 3. The van der Waals surface area contributed by atoms with Crippen molar-refractivity contribution in [1.82, 2.24) is 15.6 Å². The molecule has 0 aliphatic heterocycles. The van der Waals surface area contributed by atoms with Crippen LogP contribution in [0.15, 0.2) is 91.0 Å². The summed E-state index contributed by atoms with van der Waals surface area (Å²) in [7, 11) is 1.89. The fourth-order valence-electron chi connectivity index (χ4n) is 4.75. The molecule has 1 atom stereocenters. The Labute approximate surface area is 263 Å². The first-order valence-corrected chi connectivity index (χ1v) is 15.3. The van der Waals surface area contributed by atoms with Gasteiger partial charge >= 0.3 is 5.97 Å². The van der Waals surface area contributed by atoms with Gasteiger partial charge in [-0.15, -0.1) is 0 Å². The lowest BCUT2D eigenvalue weighted by Crippen LogP contribution is -2.42. The molecule has 1 unspecified atom stereocenters. The van der Waals surface area contributed by atoms with E-state index in [0.717, 1.165) is 47.4 Å². The number of nitrogens with one attached hydrogen (secondary N) is 2. The molecule has 0 radical (unpaired) electrons. The molecule has 4 aromatic rings. The predicted molar refractivity (Wildman–Crippen MR) is 173 cm³/mol. The summed E-state index contributed by atoms with van der Waals surface area (Å²) in [5, 5.41) is 15.4. The van der Waals surface area contributed by atoms with Gasteiger partial charge in [0.1, 0.15) is 17.6 Å². The molecule has 1 aromatic heterocycles. The van der Waals surface area contributed by atoms with Crippen LogP contribution in [0.4, 0.5) is 4.39 Å². The van der Waals surface area contributed by atoms with E-state index in [1.165, 1.54) is 12.1 Å². The maximum atomic E-state index is 13.5. The number of hydrogen-bond acceptors (Lipinski definition) is 6. The van der Waals surface area contributed by atoms with Crippen LogP contribution in [0.5, 0.6) is 11.6 Å². The van der Waals surface area contributed by atoms with Gasteiger partial charge in [-0.1, -0.05) is 42.5 Å². The van der Waals surface area contributed by atoms with Crippen LogP contribution in [0.1, 0.15) is 37.7 Å². The molecule has 4 rings (SSSR count). The Morgan fingerprint density at radius 3 is 2.27 bits per heavy atom. The van der Waals surface area contributed by atoms with Crippen LogP contribution < -0.4 is 20.1 Å². The molecule has 0 saturated heterocycles. The third-order valence-corrected chi connectivity index (χ3v) is 7.18. The highest BCUT2D eigenvalue weighted by Gasteiger charge is 2.20. The Kier molecular flexibility index (Phi) is 12.9. The molecule has 0 saturated carbocycles. The smallest absolute Gasteiger partial charge is 0.326 e. The van der Waals surface area contributed by atoms with Gasteiger partial charge in [-0.2, -0.15) is 0 Å². The van der Waals surface area contributed by atoms with E-state index >= 15 is 0 Å². The Bertz CT molecular complexity index is 1500. The number of pyridine rings is 1. The molecule has 3 aromatic carbocycles. The second kappa shape index (κ2) is 17.5. The number of rotatable bonds is 18. The fraction of sp³-hybridized carbons (Fsp3) is 0.306. The largest absolute Gasteiger partial charge is 0.494 e. The Morgan fingerprint density at radius 2 is 1.56 bits per heavy atom. The number of amides is 1. The standard InChI is InChI=1S/C36H40FN3O5/c1-38-20-8-22-44-31-18-12-26(13-19-31)23-33(36(42)43)39-34(41)11-6-3-7-21-45-35-25-29(27-9-4-2-5-10-27)24-32(40-35)28-14-16-30(37)17-15-28/h2,4-5,9-10,12-19,24-25,33,38H,3,6-8,11,20-23H2,1H3,(H,39,41)(H,42,43). The van der Waals surface area contributed by atoms with Gasteiger partial charge in [0.2, 0.25) is 11.8 Å². The van der Waals surface area contributed by atoms with Crippen molar-refractivity contribution in [2.75, 3.05) is 26.8 Å². The van der Waals surface area contributed by atoms with E-state index < -0.39 is 12.0 Å². The molecule has 0 fully saturated rings. The number of halogens is 1. The number of carbonyl (C=O) groups excluding carboxylic acids is 1. The summed E-state index contributed by atoms with van der Waals surface area (Å²) in [5.74, 6) is -0.495. The van der Waals surface area contributed by atoms with Gasteiger partial charge in [0, 0.05) is 24.5 Å². The lowest BCUT2D eigenvalue weighted by atomic mass is 10.0. The van der Waals surface area contributed by atoms with E-state index in [9.17, 15) is 19.1 Å². The van der Waals surface area contributed by atoms with Gasteiger partial charge in [-0.25, -0.2) is 14.2 Å². The highest BCUT2D eigenvalue weighted by molar-refractivity contribution is 5.83. The Balaban J connectivity index is 1.22. The minimum atomic E-state index is -1.07. The molecule has 8 nitrogen and oxygen atoms in total. The van der Waals surface area contributed by atoms with E-state index in [4.69, 9.17) is 9.47 Å². The number of ether oxygens (including phenoxy) is 2. The van der Waals surface area contributed by atoms with Gasteiger partial charge in [-0.3, -0.25) is 4.79 Å². The lowest BCUT2D eigenvalue weighted by Gasteiger charge is -2.15. The summed E-state index contributed by atoms with van der Waals surface area (Å²) in [4.78, 5) is 29.0. The van der Waals surface area contributed by atoms with Crippen LogP contribution in [0.3, 0.4) is 0 Å². The lowest BCUT2D eigenvalue weighted by molar-refractivity contribution is -0.141. The van der Waals surface area contributed by atoms with Crippen LogP contribution in [0.2, 0.25) is 0 Å². The average molecular weight is 614 g/mol.